The van der Waals surface area contributed by atoms with E-state index in [-0.39, 0.29) is 5.82 Å². The fourth-order valence-corrected chi connectivity index (χ4v) is 6.65. The molecule has 0 atom stereocenters. The second-order valence-electron chi connectivity index (χ2n) is 8.71. The number of hydrogen-bond acceptors (Lipinski definition) is 5. The van der Waals surface area contributed by atoms with Gasteiger partial charge in [0.25, 0.3) is 0 Å². The third-order valence-corrected chi connectivity index (χ3v) is 8.36. The Hall–Kier alpha value is -2.11. The number of nitrogens with zero attached hydrogens (tertiary/aromatic N) is 5. The summed E-state index contributed by atoms with van der Waals surface area (Å²) in [4.78, 5) is 7.21. The minimum Gasteiger partial charge on any atom is -0.479 e. The second kappa shape index (κ2) is 9.87. The number of piperidine rings is 1. The summed E-state index contributed by atoms with van der Waals surface area (Å²) in [6, 6.07) is 9.31. The van der Waals surface area contributed by atoms with Crippen molar-refractivity contribution < 1.29 is 9.13 Å². The van der Waals surface area contributed by atoms with Crippen molar-refractivity contribution in [3.63, 3.8) is 0 Å². The molecule has 1 saturated heterocycles. The predicted octanol–water partition coefficient (Wildman–Crippen LogP) is 6.39. The first-order valence-electron chi connectivity index (χ1n) is 11.4. The van der Waals surface area contributed by atoms with E-state index >= 15 is 0 Å². The van der Waals surface area contributed by atoms with Gasteiger partial charge in [-0.25, -0.2) is 9.37 Å². The smallest absolute Gasteiger partial charge is 0.240 e. The molecule has 0 radical (unpaired) electrons. The molecule has 0 N–H and O–H groups in total. The zero-order valence-corrected chi connectivity index (χ0v) is 22.4. The topological polar surface area (TPSA) is 48.1 Å². The molecule has 5 rings (SSSR count). The molecule has 3 aromatic heterocycles. The van der Waals surface area contributed by atoms with Gasteiger partial charge in [-0.15, -0.1) is 5.10 Å². The molecule has 1 aromatic carbocycles. The number of fused-ring (bicyclic) bond motifs is 1. The van der Waals surface area contributed by atoms with E-state index in [0.717, 1.165) is 71.3 Å². The molecule has 0 unspecified atom stereocenters. The minimum atomic E-state index is -0.243. The first-order valence-corrected chi connectivity index (χ1v) is 14.8. The van der Waals surface area contributed by atoms with Crippen LogP contribution in [0.15, 0.2) is 42.7 Å². The number of halogens is 2. The molecule has 1 aliphatic heterocycles. The number of rotatable bonds is 6. The Morgan fingerprint density at radius 2 is 2.00 bits per heavy atom. The van der Waals surface area contributed by atoms with Gasteiger partial charge in [0.2, 0.25) is 5.88 Å². The van der Waals surface area contributed by atoms with Crippen LogP contribution in [0.1, 0.15) is 31.5 Å². The van der Waals surface area contributed by atoms with E-state index in [2.05, 4.69) is 61.0 Å². The third kappa shape index (κ3) is 4.22. The van der Waals surface area contributed by atoms with Crippen molar-refractivity contribution >= 4 is 41.4 Å². The van der Waals surface area contributed by atoms with E-state index < -0.39 is 0 Å². The Kier molecular flexibility index (Phi) is 6.85. The van der Waals surface area contributed by atoms with Gasteiger partial charge in [0.05, 0.1) is 18.7 Å². The molecule has 6 nitrogen and oxygen atoms in total. The van der Waals surface area contributed by atoms with Crippen molar-refractivity contribution in [3.8, 4) is 28.1 Å². The van der Waals surface area contributed by atoms with E-state index in [4.69, 9.17) is 14.8 Å². The minimum absolute atomic E-state index is 0.243. The summed E-state index contributed by atoms with van der Waals surface area (Å²) in [5, 5.41) is 5.77. The fraction of sp³-hybridized carbons (Fsp3) is 0.360. The summed E-state index contributed by atoms with van der Waals surface area (Å²) in [6.07, 6.45) is 6.92. The van der Waals surface area contributed by atoms with E-state index in [9.17, 15) is 4.39 Å². The lowest BCUT2D eigenvalue weighted by Gasteiger charge is -2.28. The van der Waals surface area contributed by atoms with Crippen molar-refractivity contribution in [2.75, 3.05) is 27.2 Å². The molecule has 4 aromatic rings. The maximum absolute atomic E-state index is 14.2. The Balaban J connectivity index is 1.65. The maximum atomic E-state index is 14.2. The van der Waals surface area contributed by atoms with Crippen molar-refractivity contribution in [1.82, 2.24) is 23.6 Å². The monoisotopic (exact) mass is 591 g/mol. The molecule has 0 amide bonds. The van der Waals surface area contributed by atoms with E-state index in [1.807, 2.05) is 12.3 Å². The van der Waals surface area contributed by atoms with Crippen LogP contribution in [0.2, 0.25) is 0 Å². The molecule has 0 aliphatic carbocycles. The Morgan fingerprint density at radius 1 is 1.21 bits per heavy atom. The molecule has 34 heavy (non-hydrogen) atoms. The number of likely N-dealkylation sites (tertiary alicyclic amines) is 1. The lowest BCUT2D eigenvalue weighted by molar-refractivity contribution is 0.210. The molecule has 4 heterocycles. The highest BCUT2D eigenvalue weighted by Crippen LogP contribution is 2.41. The predicted molar refractivity (Wildman–Crippen MR) is 145 cm³/mol. The normalized spacial score (nSPS) is 15.3. The molecule has 1 fully saturated rings. The van der Waals surface area contributed by atoms with Crippen molar-refractivity contribution in [3.05, 3.63) is 54.2 Å². The lowest BCUT2D eigenvalue weighted by Crippen LogP contribution is -2.31. The molecular formula is C25H27FIN5OS. The first-order chi connectivity index (χ1) is 16.5. The van der Waals surface area contributed by atoms with Gasteiger partial charge >= 0.3 is 0 Å². The fourth-order valence-electron chi connectivity index (χ4n) is 4.87. The van der Waals surface area contributed by atoms with E-state index in [0.29, 0.717) is 11.9 Å². The maximum Gasteiger partial charge on any atom is 0.240 e. The van der Waals surface area contributed by atoms with Crippen LogP contribution >= 0.6 is 30.3 Å². The summed E-state index contributed by atoms with van der Waals surface area (Å²) in [5.74, 6) is 0.360. The zero-order chi connectivity index (χ0) is 23.8. The number of ether oxygens (including phenoxy) is 1. The van der Waals surface area contributed by atoms with Crippen LogP contribution < -0.4 is 4.74 Å². The van der Waals surface area contributed by atoms with Gasteiger partial charge in [-0.05, 0) is 63.2 Å². The van der Waals surface area contributed by atoms with Gasteiger partial charge in [0, 0.05) is 64.9 Å². The SMILES string of the molecule is CCc1c(-c2cccc(F)c2)c2cc(-c3cn(C4CCN(C)CC4)nc3OC)cnc2n1SI. The Bertz CT molecular complexity index is 1330. The molecule has 0 saturated carbocycles. The highest BCUT2D eigenvalue weighted by atomic mass is 127. The van der Waals surface area contributed by atoms with Gasteiger partial charge in [0.15, 0.2) is 5.65 Å². The van der Waals surface area contributed by atoms with E-state index in [1.54, 1.807) is 28.4 Å². The second-order valence-corrected chi connectivity index (χ2v) is 10.4. The summed E-state index contributed by atoms with van der Waals surface area (Å²) < 4.78 is 24.0. The van der Waals surface area contributed by atoms with Crippen LogP contribution in [0.3, 0.4) is 0 Å². The van der Waals surface area contributed by atoms with Gasteiger partial charge in [-0.2, -0.15) is 0 Å². The Labute approximate surface area is 215 Å². The molecule has 1 aliphatic rings. The van der Waals surface area contributed by atoms with Crippen molar-refractivity contribution in [2.45, 2.75) is 32.2 Å². The number of methoxy groups -OCH3 is 1. The summed E-state index contributed by atoms with van der Waals surface area (Å²) >= 11 is 2.28. The van der Waals surface area contributed by atoms with Crippen LogP contribution in [0.5, 0.6) is 5.88 Å². The van der Waals surface area contributed by atoms with Crippen molar-refractivity contribution in [2.24, 2.45) is 0 Å². The number of hydrogen-bond donors (Lipinski definition) is 0. The molecule has 178 valence electrons. The van der Waals surface area contributed by atoms with Crippen LogP contribution in [0, 0.1) is 5.82 Å². The Morgan fingerprint density at radius 3 is 2.68 bits per heavy atom. The van der Waals surface area contributed by atoms with Crippen LogP contribution in [0.25, 0.3) is 33.3 Å². The quantitative estimate of drug-likeness (QED) is 0.243. The van der Waals surface area contributed by atoms with Gasteiger partial charge in [-0.3, -0.25) is 8.65 Å². The van der Waals surface area contributed by atoms with Crippen LogP contribution in [0.4, 0.5) is 4.39 Å². The van der Waals surface area contributed by atoms with Crippen LogP contribution in [-0.2, 0) is 6.42 Å². The number of benzene rings is 1. The van der Waals surface area contributed by atoms with Crippen molar-refractivity contribution in [1.29, 1.82) is 0 Å². The lowest BCUT2D eigenvalue weighted by atomic mass is 10.00. The van der Waals surface area contributed by atoms with Gasteiger partial charge in [-0.1, -0.05) is 19.1 Å². The standard InChI is InChI=1S/C25H27FIN5OS/c1-4-22-23(16-6-5-7-18(26)12-16)20-13-17(14-28-24(20)32(22)34-27)21-15-31(29-25(21)33-3)19-8-10-30(2)11-9-19/h5-7,12-15,19H,4,8-11H2,1-3H3. The molecule has 9 heteroatoms. The number of aromatic nitrogens is 4. The summed E-state index contributed by atoms with van der Waals surface area (Å²) in [5.41, 5.74) is 5.75. The molecular weight excluding hydrogens is 564 g/mol. The highest BCUT2D eigenvalue weighted by molar-refractivity contribution is 14.2. The zero-order valence-electron chi connectivity index (χ0n) is 19.5. The molecule has 0 spiro atoms. The van der Waals surface area contributed by atoms with Gasteiger partial charge in [0.1, 0.15) is 5.82 Å². The first kappa shape index (κ1) is 23.6. The summed E-state index contributed by atoms with van der Waals surface area (Å²) in [7, 11) is 5.41. The highest BCUT2D eigenvalue weighted by Gasteiger charge is 2.24. The third-order valence-electron chi connectivity index (χ3n) is 6.64. The summed E-state index contributed by atoms with van der Waals surface area (Å²) in [6.45, 7) is 4.25. The number of pyridine rings is 1. The largest absolute Gasteiger partial charge is 0.479 e. The average molecular weight is 591 g/mol. The van der Waals surface area contributed by atoms with Crippen LogP contribution in [-0.4, -0.2) is 50.9 Å². The van der Waals surface area contributed by atoms with E-state index in [1.165, 1.54) is 6.07 Å². The average Bonchev–Trinajstić information content (AvgIpc) is 3.42. The van der Waals surface area contributed by atoms with Gasteiger partial charge < -0.3 is 9.64 Å². The molecule has 0 bridgehead atoms.